The van der Waals surface area contributed by atoms with Gasteiger partial charge in [-0.2, -0.15) is 4.98 Å². The van der Waals surface area contributed by atoms with E-state index in [-0.39, 0.29) is 11.6 Å². The zero-order valence-corrected chi connectivity index (χ0v) is 16.7. The summed E-state index contributed by atoms with van der Waals surface area (Å²) in [5.41, 5.74) is 4.05. The monoisotopic (exact) mass is 392 g/mol. The van der Waals surface area contributed by atoms with Crippen molar-refractivity contribution in [3.8, 4) is 0 Å². The lowest BCUT2D eigenvalue weighted by Gasteiger charge is -2.25. The summed E-state index contributed by atoms with van der Waals surface area (Å²) in [6, 6.07) is 10.1. The fraction of sp³-hybridized carbons (Fsp3) is 0.364. The molecule has 7 heteroatoms. The van der Waals surface area contributed by atoms with E-state index in [2.05, 4.69) is 27.1 Å². The lowest BCUT2D eigenvalue weighted by atomic mass is 10.1. The number of benzene rings is 1. The zero-order chi connectivity index (χ0) is 20.4. The molecule has 150 valence electrons. The number of rotatable bonds is 5. The third-order valence-electron chi connectivity index (χ3n) is 5.36. The molecule has 3 aromatic rings. The molecule has 0 aliphatic carbocycles. The molecule has 0 bridgehead atoms. The predicted molar refractivity (Wildman–Crippen MR) is 108 cm³/mol. The van der Waals surface area contributed by atoms with Crippen LogP contribution in [0.15, 0.2) is 39.5 Å². The Bertz CT molecular complexity index is 1060. The number of aromatic amines is 1. The number of H-pyrrole nitrogens is 1. The lowest BCUT2D eigenvalue weighted by molar-refractivity contribution is -0.132. The van der Waals surface area contributed by atoms with Gasteiger partial charge in [0.05, 0.1) is 6.54 Å². The van der Waals surface area contributed by atoms with Crippen molar-refractivity contribution in [2.45, 2.75) is 46.1 Å². The number of nitrogens with one attached hydrogen (secondary N) is 1. The molecule has 1 amide bonds. The molecule has 1 N–H and O–H groups in total. The second-order valence-corrected chi connectivity index (χ2v) is 7.44. The van der Waals surface area contributed by atoms with Crippen LogP contribution < -0.4 is 5.69 Å². The van der Waals surface area contributed by atoms with Crippen molar-refractivity contribution in [3.63, 3.8) is 0 Å². The van der Waals surface area contributed by atoms with Crippen LogP contribution in [0.4, 0.5) is 0 Å². The number of hydrogen-bond acceptors (Lipinski definition) is 5. The Hall–Kier alpha value is -3.22. The van der Waals surface area contributed by atoms with Gasteiger partial charge in [-0.1, -0.05) is 30.3 Å². The summed E-state index contributed by atoms with van der Waals surface area (Å²) in [7, 11) is 0. The molecule has 1 aliphatic heterocycles. The summed E-state index contributed by atoms with van der Waals surface area (Å²) in [4.78, 5) is 37.3. The minimum absolute atomic E-state index is 0.0771. The highest BCUT2D eigenvalue weighted by molar-refractivity contribution is 5.76. The van der Waals surface area contributed by atoms with E-state index in [1.807, 2.05) is 30.0 Å². The van der Waals surface area contributed by atoms with E-state index in [4.69, 9.17) is 4.42 Å². The maximum absolute atomic E-state index is 12.7. The van der Waals surface area contributed by atoms with Crippen LogP contribution >= 0.6 is 0 Å². The summed E-state index contributed by atoms with van der Waals surface area (Å²) in [6.07, 6.45) is 2.27. The summed E-state index contributed by atoms with van der Waals surface area (Å²) in [5.74, 6) is 1.66. The highest BCUT2D eigenvalue weighted by atomic mass is 16.4. The maximum Gasteiger partial charge on any atom is 0.345 e. The molecule has 2 aromatic heterocycles. The van der Waals surface area contributed by atoms with Crippen molar-refractivity contribution in [2.24, 2.45) is 0 Å². The molecule has 7 nitrogen and oxygen atoms in total. The van der Waals surface area contributed by atoms with E-state index in [1.54, 1.807) is 6.92 Å². The zero-order valence-electron chi connectivity index (χ0n) is 16.7. The number of carbonyl (C=O) groups excluding carboxylic acids is 1. The SMILES string of the molecule is Cc1nc(=O)[nH]c(C)c1CCC(=O)N1CCc2oc(Cc3ccccc3)nc2C1. The van der Waals surface area contributed by atoms with Gasteiger partial charge < -0.3 is 14.3 Å². The molecular weight excluding hydrogens is 368 g/mol. The predicted octanol–water partition coefficient (Wildman–Crippen LogP) is 2.48. The van der Waals surface area contributed by atoms with E-state index in [1.165, 1.54) is 0 Å². The van der Waals surface area contributed by atoms with E-state index in [9.17, 15) is 9.59 Å². The van der Waals surface area contributed by atoms with E-state index in [0.717, 1.165) is 28.3 Å². The van der Waals surface area contributed by atoms with Gasteiger partial charge in [-0.15, -0.1) is 0 Å². The van der Waals surface area contributed by atoms with Crippen LogP contribution in [0.5, 0.6) is 0 Å². The van der Waals surface area contributed by atoms with Gasteiger partial charge in [0.15, 0.2) is 5.89 Å². The molecule has 0 atom stereocenters. The highest BCUT2D eigenvalue weighted by Crippen LogP contribution is 2.22. The normalized spacial score (nSPS) is 13.4. The molecule has 4 rings (SSSR count). The molecule has 0 radical (unpaired) electrons. The largest absolute Gasteiger partial charge is 0.445 e. The molecule has 3 heterocycles. The molecule has 1 aliphatic rings. The van der Waals surface area contributed by atoms with Gasteiger partial charge in [0.2, 0.25) is 5.91 Å². The number of nitrogens with zero attached hydrogens (tertiary/aromatic N) is 3. The van der Waals surface area contributed by atoms with Crippen LogP contribution in [-0.2, 0) is 30.6 Å². The minimum Gasteiger partial charge on any atom is -0.445 e. The average Bonchev–Trinajstić information content (AvgIpc) is 3.09. The van der Waals surface area contributed by atoms with Gasteiger partial charge >= 0.3 is 5.69 Å². The van der Waals surface area contributed by atoms with Crippen LogP contribution in [0, 0.1) is 13.8 Å². The smallest absolute Gasteiger partial charge is 0.345 e. The van der Waals surface area contributed by atoms with Crippen molar-refractivity contribution >= 4 is 5.91 Å². The molecular formula is C22H24N4O3. The van der Waals surface area contributed by atoms with Gasteiger partial charge in [0, 0.05) is 37.2 Å². The first kappa shape index (κ1) is 19.1. The van der Waals surface area contributed by atoms with Gasteiger partial charge in [-0.05, 0) is 31.4 Å². The average molecular weight is 392 g/mol. The van der Waals surface area contributed by atoms with E-state index >= 15 is 0 Å². The molecule has 0 saturated heterocycles. The topological polar surface area (TPSA) is 92.1 Å². The van der Waals surface area contributed by atoms with E-state index in [0.29, 0.717) is 50.4 Å². The molecule has 1 aromatic carbocycles. The summed E-state index contributed by atoms with van der Waals surface area (Å²) >= 11 is 0. The number of carbonyl (C=O) groups is 1. The fourth-order valence-corrected chi connectivity index (χ4v) is 3.82. The first-order valence-electron chi connectivity index (χ1n) is 9.85. The van der Waals surface area contributed by atoms with Gasteiger partial charge in [0.1, 0.15) is 11.5 Å². The van der Waals surface area contributed by atoms with Crippen LogP contribution in [-0.4, -0.2) is 32.3 Å². The Morgan fingerprint density at radius 3 is 2.76 bits per heavy atom. The third kappa shape index (κ3) is 4.29. The highest BCUT2D eigenvalue weighted by Gasteiger charge is 2.25. The Labute approximate surface area is 168 Å². The van der Waals surface area contributed by atoms with Crippen molar-refractivity contribution in [1.82, 2.24) is 19.9 Å². The number of amides is 1. The molecule has 0 spiro atoms. The number of fused-ring (bicyclic) bond motifs is 1. The number of oxazole rings is 1. The molecule has 0 saturated carbocycles. The minimum atomic E-state index is -0.351. The van der Waals surface area contributed by atoms with Crippen LogP contribution in [0.3, 0.4) is 0 Å². The van der Waals surface area contributed by atoms with Gasteiger partial charge in [0.25, 0.3) is 0 Å². The molecule has 29 heavy (non-hydrogen) atoms. The van der Waals surface area contributed by atoms with Gasteiger partial charge in [-0.3, -0.25) is 4.79 Å². The molecule has 0 unspecified atom stereocenters. The van der Waals surface area contributed by atoms with E-state index < -0.39 is 0 Å². The summed E-state index contributed by atoms with van der Waals surface area (Å²) in [5, 5.41) is 0. The van der Waals surface area contributed by atoms with Gasteiger partial charge in [-0.25, -0.2) is 9.78 Å². The van der Waals surface area contributed by atoms with Crippen LogP contribution in [0.2, 0.25) is 0 Å². The van der Waals surface area contributed by atoms with Crippen molar-refractivity contribution in [2.75, 3.05) is 6.54 Å². The Morgan fingerprint density at radius 1 is 1.21 bits per heavy atom. The van der Waals surface area contributed by atoms with Crippen LogP contribution in [0.1, 0.15) is 46.3 Å². The molecule has 0 fully saturated rings. The second-order valence-electron chi connectivity index (χ2n) is 7.44. The number of aromatic nitrogens is 3. The third-order valence-corrected chi connectivity index (χ3v) is 5.36. The van der Waals surface area contributed by atoms with Crippen molar-refractivity contribution in [1.29, 1.82) is 0 Å². The van der Waals surface area contributed by atoms with Crippen molar-refractivity contribution < 1.29 is 9.21 Å². The summed E-state index contributed by atoms with van der Waals surface area (Å²) < 4.78 is 5.92. The second kappa shape index (κ2) is 8.03. The first-order chi connectivity index (χ1) is 14.0. The summed E-state index contributed by atoms with van der Waals surface area (Å²) in [6.45, 7) is 4.76. The lowest BCUT2D eigenvalue weighted by Crippen LogP contribution is -2.36. The Morgan fingerprint density at radius 2 is 2.00 bits per heavy atom. The quantitative estimate of drug-likeness (QED) is 0.720. The standard InChI is InChI=1S/C22H24N4O3/c1-14-17(15(2)24-22(28)23-14)8-9-21(27)26-11-10-19-18(13-26)25-20(29-19)12-16-6-4-3-5-7-16/h3-7H,8-13H2,1-2H3,(H,23,24,28). The number of hydrogen-bond donors (Lipinski definition) is 1. The Kier molecular flexibility index (Phi) is 5.29. The first-order valence-corrected chi connectivity index (χ1v) is 9.85. The number of aryl methyl sites for hydroxylation is 2. The Balaban J connectivity index is 1.39. The maximum atomic E-state index is 12.7. The fourth-order valence-electron chi connectivity index (χ4n) is 3.82. The van der Waals surface area contributed by atoms with Crippen molar-refractivity contribution in [3.05, 3.63) is 80.7 Å². The van der Waals surface area contributed by atoms with Crippen LogP contribution in [0.25, 0.3) is 0 Å².